The van der Waals surface area contributed by atoms with Gasteiger partial charge in [0.1, 0.15) is 4.83 Å². The topological polar surface area (TPSA) is 42.4 Å². The normalized spacial score (nSPS) is 21.4. The highest BCUT2D eigenvalue weighted by atomic mass is 32.1. The Morgan fingerprint density at radius 1 is 1.42 bits per heavy atom. The Hall–Kier alpha value is -1.98. The number of pyridine rings is 1. The zero-order valence-electron chi connectivity index (χ0n) is 15.6. The van der Waals surface area contributed by atoms with Gasteiger partial charge in [0, 0.05) is 30.1 Å². The standard InChI is InChI=1S/C21H24N2O2S/c1-5-8-23-11-13(2)6-7-15-16-9-14-12-25-21(3,4)10-17(14)22-19(16)26-18(15)20(23)24/h5,9,11H,1,6-8,10,12H2,2-4H3/b13-11+. The van der Waals surface area contributed by atoms with Gasteiger partial charge in [-0.25, -0.2) is 4.98 Å². The first-order valence-corrected chi connectivity index (χ1v) is 9.87. The smallest absolute Gasteiger partial charge is 0.268 e. The second kappa shape index (κ2) is 6.32. The van der Waals surface area contributed by atoms with Gasteiger partial charge in [-0.05, 0) is 45.2 Å². The molecule has 2 aliphatic heterocycles. The predicted molar refractivity (Wildman–Crippen MR) is 106 cm³/mol. The number of rotatable bonds is 2. The minimum Gasteiger partial charge on any atom is -0.370 e. The van der Waals surface area contributed by atoms with Crippen LogP contribution in [0.5, 0.6) is 0 Å². The number of aromatic nitrogens is 1. The quantitative estimate of drug-likeness (QED) is 0.726. The summed E-state index contributed by atoms with van der Waals surface area (Å²) in [5.41, 5.74) is 4.42. The minimum absolute atomic E-state index is 0.0523. The van der Waals surface area contributed by atoms with E-state index < -0.39 is 0 Å². The number of carbonyl (C=O) groups excluding carboxylic acids is 1. The highest BCUT2D eigenvalue weighted by molar-refractivity contribution is 7.20. The van der Waals surface area contributed by atoms with E-state index in [4.69, 9.17) is 9.72 Å². The number of amides is 1. The Morgan fingerprint density at radius 3 is 3.00 bits per heavy atom. The summed E-state index contributed by atoms with van der Waals surface area (Å²) in [4.78, 5) is 21.6. The van der Waals surface area contributed by atoms with Crippen molar-refractivity contribution in [2.75, 3.05) is 6.54 Å². The number of aryl methyl sites for hydroxylation is 1. The van der Waals surface area contributed by atoms with Gasteiger partial charge in [-0.2, -0.15) is 0 Å². The third-order valence-corrected chi connectivity index (χ3v) is 6.22. The highest BCUT2D eigenvalue weighted by Crippen LogP contribution is 2.37. The molecule has 5 heteroatoms. The van der Waals surface area contributed by atoms with Gasteiger partial charge >= 0.3 is 0 Å². The van der Waals surface area contributed by atoms with Crippen molar-refractivity contribution in [1.29, 1.82) is 0 Å². The summed E-state index contributed by atoms with van der Waals surface area (Å²) < 4.78 is 5.96. The van der Waals surface area contributed by atoms with Gasteiger partial charge in [0.05, 0.1) is 22.8 Å². The van der Waals surface area contributed by atoms with Crippen LogP contribution in [0.25, 0.3) is 10.2 Å². The van der Waals surface area contributed by atoms with E-state index in [9.17, 15) is 4.79 Å². The molecule has 4 rings (SSSR count). The van der Waals surface area contributed by atoms with Crippen molar-refractivity contribution in [3.05, 3.63) is 52.2 Å². The molecule has 136 valence electrons. The summed E-state index contributed by atoms with van der Waals surface area (Å²) in [6.07, 6.45) is 6.36. The Bertz CT molecular complexity index is 939. The van der Waals surface area contributed by atoms with Crippen molar-refractivity contribution in [2.24, 2.45) is 0 Å². The molecular formula is C21H24N2O2S. The molecule has 4 nitrogen and oxygen atoms in total. The first-order chi connectivity index (χ1) is 12.4. The molecule has 2 aromatic heterocycles. The van der Waals surface area contributed by atoms with Crippen LogP contribution in [0.2, 0.25) is 0 Å². The largest absolute Gasteiger partial charge is 0.370 e. The molecule has 0 unspecified atom stereocenters. The van der Waals surface area contributed by atoms with E-state index in [2.05, 4.69) is 33.4 Å². The molecule has 26 heavy (non-hydrogen) atoms. The zero-order chi connectivity index (χ0) is 18.5. The van der Waals surface area contributed by atoms with Gasteiger partial charge in [-0.15, -0.1) is 17.9 Å². The molecule has 0 bridgehead atoms. The Balaban J connectivity index is 1.85. The van der Waals surface area contributed by atoms with E-state index in [1.807, 2.05) is 6.20 Å². The van der Waals surface area contributed by atoms with Crippen LogP contribution in [0.15, 0.2) is 30.5 Å². The molecule has 1 amide bonds. The zero-order valence-corrected chi connectivity index (χ0v) is 16.4. The van der Waals surface area contributed by atoms with Crippen molar-refractivity contribution >= 4 is 27.5 Å². The minimum atomic E-state index is -0.183. The SMILES string of the molecule is C=CCN1/C=C(\C)CCc2c(sc3nc4c(cc23)COC(C)(C)C4)C1=O. The second-order valence-electron chi connectivity index (χ2n) is 7.80. The number of nitrogens with zero attached hydrogens (tertiary/aromatic N) is 2. The van der Waals surface area contributed by atoms with Crippen molar-refractivity contribution < 1.29 is 9.53 Å². The van der Waals surface area contributed by atoms with Crippen molar-refractivity contribution in [2.45, 2.75) is 52.2 Å². The van der Waals surface area contributed by atoms with Crippen molar-refractivity contribution in [3.8, 4) is 0 Å². The monoisotopic (exact) mass is 368 g/mol. The maximum atomic E-state index is 13.1. The van der Waals surface area contributed by atoms with Gasteiger partial charge < -0.3 is 9.64 Å². The van der Waals surface area contributed by atoms with E-state index >= 15 is 0 Å². The van der Waals surface area contributed by atoms with Crippen LogP contribution >= 0.6 is 11.3 Å². The predicted octanol–water partition coefficient (Wildman–Crippen LogP) is 4.63. The fraction of sp³-hybridized carbons (Fsp3) is 0.429. The lowest BCUT2D eigenvalue weighted by Crippen LogP contribution is -2.32. The number of carbonyl (C=O) groups is 1. The van der Waals surface area contributed by atoms with Crippen LogP contribution < -0.4 is 0 Å². The van der Waals surface area contributed by atoms with Crippen LogP contribution in [0.4, 0.5) is 0 Å². The van der Waals surface area contributed by atoms with Gasteiger partial charge in [0.15, 0.2) is 0 Å². The van der Waals surface area contributed by atoms with E-state index in [1.165, 1.54) is 16.9 Å². The summed E-state index contributed by atoms with van der Waals surface area (Å²) in [5, 5.41) is 1.12. The van der Waals surface area contributed by atoms with E-state index in [0.717, 1.165) is 51.2 Å². The Kier molecular flexibility index (Phi) is 4.24. The third kappa shape index (κ3) is 2.99. The van der Waals surface area contributed by atoms with Gasteiger partial charge in [-0.3, -0.25) is 4.79 Å². The maximum absolute atomic E-state index is 13.1. The lowest BCUT2D eigenvalue weighted by molar-refractivity contribution is -0.0411. The molecule has 0 saturated heterocycles. The maximum Gasteiger partial charge on any atom is 0.268 e. The Labute approximate surface area is 158 Å². The number of ether oxygens (including phenoxy) is 1. The van der Waals surface area contributed by atoms with E-state index in [1.54, 1.807) is 11.0 Å². The fourth-order valence-corrected chi connectivity index (χ4v) is 4.87. The molecule has 0 N–H and O–H groups in total. The lowest BCUT2D eigenvalue weighted by Gasteiger charge is -2.31. The molecule has 0 fully saturated rings. The first-order valence-electron chi connectivity index (χ1n) is 9.05. The number of hydrogen-bond acceptors (Lipinski definition) is 4. The number of fused-ring (bicyclic) bond motifs is 4. The highest BCUT2D eigenvalue weighted by Gasteiger charge is 2.30. The second-order valence-corrected chi connectivity index (χ2v) is 8.80. The summed E-state index contributed by atoms with van der Waals surface area (Å²) in [5.74, 6) is 0.0523. The van der Waals surface area contributed by atoms with Crippen LogP contribution in [-0.4, -0.2) is 27.9 Å². The molecule has 2 aliphatic rings. The molecule has 0 aliphatic carbocycles. The molecule has 0 spiro atoms. The van der Waals surface area contributed by atoms with Gasteiger partial charge in [0.2, 0.25) is 0 Å². The van der Waals surface area contributed by atoms with Gasteiger partial charge in [0.25, 0.3) is 5.91 Å². The summed E-state index contributed by atoms with van der Waals surface area (Å²) >= 11 is 1.53. The fourth-order valence-electron chi connectivity index (χ4n) is 3.69. The average Bonchev–Trinajstić information content (AvgIpc) is 2.92. The first kappa shape index (κ1) is 17.4. The molecule has 0 atom stereocenters. The molecule has 0 saturated carbocycles. The molecule has 0 radical (unpaired) electrons. The lowest BCUT2D eigenvalue weighted by atomic mass is 9.94. The number of allylic oxidation sites excluding steroid dienone is 1. The number of thiophene rings is 1. The van der Waals surface area contributed by atoms with E-state index in [-0.39, 0.29) is 11.5 Å². The third-order valence-electron chi connectivity index (χ3n) is 5.09. The van der Waals surface area contributed by atoms with Crippen LogP contribution in [0.3, 0.4) is 0 Å². The van der Waals surface area contributed by atoms with Crippen molar-refractivity contribution in [1.82, 2.24) is 9.88 Å². The average molecular weight is 369 g/mol. The van der Waals surface area contributed by atoms with Crippen LogP contribution in [0, 0.1) is 0 Å². The Morgan fingerprint density at radius 2 is 2.23 bits per heavy atom. The van der Waals surface area contributed by atoms with Crippen LogP contribution in [-0.2, 0) is 24.2 Å². The summed E-state index contributed by atoms with van der Waals surface area (Å²) in [7, 11) is 0. The van der Waals surface area contributed by atoms with Crippen LogP contribution in [0.1, 0.15) is 53.7 Å². The summed E-state index contributed by atoms with van der Waals surface area (Å²) in [6, 6.07) is 2.20. The van der Waals surface area contributed by atoms with Gasteiger partial charge in [-0.1, -0.05) is 11.6 Å². The molecular weight excluding hydrogens is 344 g/mol. The van der Waals surface area contributed by atoms with Crippen molar-refractivity contribution in [3.63, 3.8) is 0 Å². The molecule has 4 heterocycles. The molecule has 2 aromatic rings. The number of hydrogen-bond donors (Lipinski definition) is 0. The summed E-state index contributed by atoms with van der Waals surface area (Å²) in [6.45, 7) is 11.2. The van der Waals surface area contributed by atoms with E-state index in [0.29, 0.717) is 13.2 Å². The molecule has 0 aromatic carbocycles.